The Morgan fingerprint density at radius 3 is 2.83 bits per heavy atom. The van der Waals surface area contributed by atoms with E-state index in [1.54, 1.807) is 18.0 Å². The fourth-order valence-electron chi connectivity index (χ4n) is 3.88. The number of aromatic nitrogens is 3. The first-order valence-electron chi connectivity index (χ1n) is 10.1. The summed E-state index contributed by atoms with van der Waals surface area (Å²) in [5, 5.41) is 10.8. The van der Waals surface area contributed by atoms with Gasteiger partial charge >= 0.3 is 0 Å². The number of nitrogens with zero attached hydrogens (tertiary/aromatic N) is 4. The first kappa shape index (κ1) is 20.8. The number of carbonyl (C=O) groups excluding carboxylic acids is 2. The average molecular weight is 399 g/mol. The summed E-state index contributed by atoms with van der Waals surface area (Å²) < 4.78 is 7.33. The smallest absolute Gasteiger partial charge is 0.225 e. The van der Waals surface area contributed by atoms with Crippen LogP contribution in [0.4, 0.5) is 0 Å². The number of hydrogen-bond donors (Lipinski definition) is 1. The van der Waals surface area contributed by atoms with Crippen LogP contribution in [-0.4, -0.2) is 45.1 Å². The van der Waals surface area contributed by atoms with Crippen molar-refractivity contribution < 1.29 is 14.3 Å². The number of methoxy groups -OCH3 is 1. The molecule has 3 rings (SSSR count). The number of rotatable bonds is 8. The van der Waals surface area contributed by atoms with Crippen LogP contribution in [0.1, 0.15) is 50.0 Å². The van der Waals surface area contributed by atoms with E-state index in [4.69, 9.17) is 4.74 Å². The third-order valence-corrected chi connectivity index (χ3v) is 5.48. The van der Waals surface area contributed by atoms with Gasteiger partial charge in [0.05, 0.1) is 25.6 Å². The highest BCUT2D eigenvalue weighted by Crippen LogP contribution is 2.40. The molecule has 2 heterocycles. The van der Waals surface area contributed by atoms with Crippen LogP contribution in [0, 0.1) is 5.92 Å². The van der Waals surface area contributed by atoms with Gasteiger partial charge in [-0.15, -0.1) is 10.2 Å². The summed E-state index contributed by atoms with van der Waals surface area (Å²) in [5.74, 6) is 1.03. The van der Waals surface area contributed by atoms with Crippen molar-refractivity contribution in [2.75, 3.05) is 13.7 Å². The average Bonchev–Trinajstić information content (AvgIpc) is 3.15. The molecule has 0 unspecified atom stereocenters. The highest BCUT2D eigenvalue weighted by molar-refractivity contribution is 5.85. The van der Waals surface area contributed by atoms with Crippen LogP contribution in [-0.2, 0) is 23.2 Å². The first-order valence-corrected chi connectivity index (χ1v) is 10.1. The van der Waals surface area contributed by atoms with Crippen molar-refractivity contribution in [1.82, 2.24) is 25.0 Å². The molecule has 1 aliphatic rings. The molecular formula is C21H29N5O3. The minimum Gasteiger partial charge on any atom is -0.496 e. The minimum atomic E-state index is -0.353. The summed E-state index contributed by atoms with van der Waals surface area (Å²) in [6.07, 6.45) is 4.35. The predicted octanol–water partition coefficient (Wildman–Crippen LogP) is 2.22. The van der Waals surface area contributed by atoms with Gasteiger partial charge in [0.25, 0.3) is 0 Å². The molecule has 1 aliphatic heterocycles. The molecule has 29 heavy (non-hydrogen) atoms. The van der Waals surface area contributed by atoms with E-state index >= 15 is 0 Å². The molecule has 0 bridgehead atoms. The van der Waals surface area contributed by atoms with Gasteiger partial charge in [-0.05, 0) is 18.9 Å². The molecule has 1 aromatic carbocycles. The topological polar surface area (TPSA) is 89.4 Å². The second-order valence-corrected chi connectivity index (χ2v) is 7.35. The summed E-state index contributed by atoms with van der Waals surface area (Å²) in [4.78, 5) is 27.8. The van der Waals surface area contributed by atoms with Gasteiger partial charge in [0, 0.05) is 25.6 Å². The van der Waals surface area contributed by atoms with Gasteiger partial charge in [-0.3, -0.25) is 9.59 Å². The molecule has 2 amide bonds. The van der Waals surface area contributed by atoms with E-state index in [2.05, 4.69) is 22.4 Å². The number of piperidine rings is 1. The lowest BCUT2D eigenvalue weighted by Crippen LogP contribution is -2.48. The molecule has 8 heteroatoms. The van der Waals surface area contributed by atoms with Crippen molar-refractivity contribution in [2.24, 2.45) is 13.0 Å². The Morgan fingerprint density at radius 1 is 1.34 bits per heavy atom. The molecular weight excluding hydrogens is 370 g/mol. The molecule has 156 valence electrons. The Bertz CT molecular complexity index is 850. The van der Waals surface area contributed by atoms with Crippen molar-refractivity contribution >= 4 is 11.8 Å². The lowest BCUT2D eigenvalue weighted by atomic mass is 9.83. The van der Waals surface area contributed by atoms with Gasteiger partial charge in [-0.1, -0.05) is 31.5 Å². The Morgan fingerprint density at radius 2 is 2.14 bits per heavy atom. The maximum absolute atomic E-state index is 13.2. The monoisotopic (exact) mass is 399 g/mol. The van der Waals surface area contributed by atoms with Crippen LogP contribution in [0.15, 0.2) is 30.6 Å². The standard InChI is InChI=1S/C21H29N5O3/c1-4-5-12-26-19(27)11-10-16(20(26)15-8-6-7-9-17(15)29-3)21(28)22-13-18-24-23-14-25(18)2/h6-9,14,16,20H,4-5,10-13H2,1-3H3,(H,22,28)/t16-,20-/m1/s1. The number of benzene rings is 1. The summed E-state index contributed by atoms with van der Waals surface area (Å²) in [6, 6.07) is 7.29. The molecule has 1 fully saturated rings. The number of nitrogens with one attached hydrogen (secondary N) is 1. The summed E-state index contributed by atoms with van der Waals surface area (Å²) in [6.45, 7) is 3.02. The molecule has 8 nitrogen and oxygen atoms in total. The molecule has 0 aliphatic carbocycles. The molecule has 2 aromatic rings. The van der Waals surface area contributed by atoms with Gasteiger partial charge in [0.1, 0.15) is 12.1 Å². The number of amides is 2. The van der Waals surface area contributed by atoms with Gasteiger partial charge in [0.15, 0.2) is 5.82 Å². The van der Waals surface area contributed by atoms with Crippen molar-refractivity contribution in [2.45, 2.75) is 45.2 Å². The number of para-hydroxylation sites is 1. The Hall–Kier alpha value is -2.90. The van der Waals surface area contributed by atoms with E-state index in [1.165, 1.54) is 0 Å². The highest BCUT2D eigenvalue weighted by Gasteiger charge is 2.41. The second-order valence-electron chi connectivity index (χ2n) is 7.35. The van der Waals surface area contributed by atoms with Crippen LogP contribution >= 0.6 is 0 Å². The Kier molecular flexibility index (Phi) is 6.85. The third-order valence-electron chi connectivity index (χ3n) is 5.48. The number of unbranched alkanes of at least 4 members (excludes halogenated alkanes) is 1. The largest absolute Gasteiger partial charge is 0.496 e. The lowest BCUT2D eigenvalue weighted by molar-refractivity contribution is -0.143. The molecule has 2 atom stereocenters. The maximum Gasteiger partial charge on any atom is 0.225 e. The van der Waals surface area contributed by atoms with Crippen molar-refractivity contribution in [3.63, 3.8) is 0 Å². The minimum absolute atomic E-state index is 0.0853. The molecule has 0 radical (unpaired) electrons. The normalized spacial score (nSPS) is 19.3. The van der Waals surface area contributed by atoms with Crippen LogP contribution in [0.2, 0.25) is 0 Å². The zero-order valence-corrected chi connectivity index (χ0v) is 17.3. The lowest BCUT2D eigenvalue weighted by Gasteiger charge is -2.41. The molecule has 1 saturated heterocycles. The predicted molar refractivity (Wildman–Crippen MR) is 108 cm³/mol. The van der Waals surface area contributed by atoms with Gasteiger partial charge < -0.3 is 19.5 Å². The summed E-state index contributed by atoms with van der Waals surface area (Å²) >= 11 is 0. The SMILES string of the molecule is CCCCN1C(=O)CC[C@@H](C(=O)NCc2nncn2C)[C@H]1c1ccccc1OC. The fourth-order valence-corrected chi connectivity index (χ4v) is 3.88. The van der Waals surface area contributed by atoms with E-state index in [9.17, 15) is 9.59 Å². The Balaban J connectivity index is 1.89. The molecule has 0 saturated carbocycles. The van der Waals surface area contributed by atoms with E-state index in [0.717, 1.165) is 18.4 Å². The fraction of sp³-hybridized carbons (Fsp3) is 0.524. The number of likely N-dealkylation sites (tertiary alicyclic amines) is 1. The molecule has 0 spiro atoms. The van der Waals surface area contributed by atoms with Crippen molar-refractivity contribution in [1.29, 1.82) is 0 Å². The van der Waals surface area contributed by atoms with E-state index in [1.807, 2.05) is 36.2 Å². The number of carbonyl (C=O) groups is 2. The van der Waals surface area contributed by atoms with Crippen LogP contribution < -0.4 is 10.1 Å². The number of ether oxygens (including phenoxy) is 1. The molecule has 1 N–H and O–H groups in total. The summed E-state index contributed by atoms with van der Waals surface area (Å²) in [5.41, 5.74) is 0.873. The van der Waals surface area contributed by atoms with Crippen LogP contribution in [0.25, 0.3) is 0 Å². The highest BCUT2D eigenvalue weighted by atomic mass is 16.5. The van der Waals surface area contributed by atoms with Gasteiger partial charge in [-0.2, -0.15) is 0 Å². The van der Waals surface area contributed by atoms with E-state index in [0.29, 0.717) is 37.5 Å². The zero-order chi connectivity index (χ0) is 20.8. The third kappa shape index (κ3) is 4.58. The maximum atomic E-state index is 13.2. The van der Waals surface area contributed by atoms with Gasteiger partial charge in [-0.25, -0.2) is 0 Å². The van der Waals surface area contributed by atoms with E-state index in [-0.39, 0.29) is 23.8 Å². The first-order chi connectivity index (χ1) is 14.1. The zero-order valence-electron chi connectivity index (χ0n) is 17.3. The number of hydrogen-bond acceptors (Lipinski definition) is 5. The van der Waals surface area contributed by atoms with Crippen molar-refractivity contribution in [3.8, 4) is 5.75 Å². The van der Waals surface area contributed by atoms with Crippen molar-refractivity contribution in [3.05, 3.63) is 42.0 Å². The van der Waals surface area contributed by atoms with Gasteiger partial charge in [0.2, 0.25) is 11.8 Å². The van der Waals surface area contributed by atoms with E-state index < -0.39 is 0 Å². The Labute approximate surface area is 171 Å². The quantitative estimate of drug-likeness (QED) is 0.735. The summed E-state index contributed by atoms with van der Waals surface area (Å²) in [7, 11) is 3.45. The number of aryl methyl sites for hydroxylation is 1. The molecule has 1 aromatic heterocycles. The van der Waals surface area contributed by atoms with Crippen LogP contribution in [0.5, 0.6) is 5.75 Å². The van der Waals surface area contributed by atoms with Crippen LogP contribution in [0.3, 0.4) is 0 Å². The second kappa shape index (κ2) is 9.54.